The second kappa shape index (κ2) is 8.05. The predicted octanol–water partition coefficient (Wildman–Crippen LogP) is 2.77. The SMILES string of the molecule is CC(C)c1cc(-c2n[nH]c(=O)n2Cc2ccc(/C(C=N)=C/N)cc2)c(O)cc1O. The van der Waals surface area contributed by atoms with E-state index in [1.165, 1.54) is 23.0 Å². The Kier molecular flexibility index (Phi) is 5.54. The molecule has 8 nitrogen and oxygen atoms in total. The van der Waals surface area contributed by atoms with E-state index >= 15 is 0 Å². The lowest BCUT2D eigenvalue weighted by Gasteiger charge is -2.13. The first-order chi connectivity index (χ1) is 13.8. The first-order valence-corrected chi connectivity index (χ1v) is 9.08. The van der Waals surface area contributed by atoms with Crippen molar-refractivity contribution in [1.29, 1.82) is 5.41 Å². The fourth-order valence-electron chi connectivity index (χ4n) is 3.12. The largest absolute Gasteiger partial charge is 0.508 e. The summed E-state index contributed by atoms with van der Waals surface area (Å²) in [5.41, 5.74) is 8.33. The monoisotopic (exact) mass is 393 g/mol. The summed E-state index contributed by atoms with van der Waals surface area (Å²) in [5, 5.41) is 34.3. The molecule has 0 aliphatic rings. The number of aromatic nitrogens is 3. The quantitative estimate of drug-likeness (QED) is 0.410. The zero-order chi connectivity index (χ0) is 21.1. The van der Waals surface area contributed by atoms with Crippen LogP contribution in [0.1, 0.15) is 36.5 Å². The van der Waals surface area contributed by atoms with Crippen LogP contribution in [0.15, 0.2) is 47.4 Å². The number of aromatic hydroxyl groups is 2. The van der Waals surface area contributed by atoms with Crippen LogP contribution >= 0.6 is 0 Å². The number of phenolic OH excluding ortho intramolecular Hbond substituents is 2. The topological polar surface area (TPSA) is 141 Å². The van der Waals surface area contributed by atoms with E-state index in [1.54, 1.807) is 6.07 Å². The summed E-state index contributed by atoms with van der Waals surface area (Å²) in [6, 6.07) is 10.2. The van der Waals surface area contributed by atoms with E-state index in [9.17, 15) is 15.0 Å². The van der Waals surface area contributed by atoms with Crippen LogP contribution in [-0.4, -0.2) is 31.2 Å². The van der Waals surface area contributed by atoms with Crippen LogP contribution in [0.2, 0.25) is 0 Å². The first-order valence-electron chi connectivity index (χ1n) is 9.08. The normalized spacial score (nSPS) is 11.8. The molecule has 0 spiro atoms. The standard InChI is InChI=1S/C21H23N5O3/c1-12(2)16-7-17(19(28)8-18(16)27)20-24-25-21(29)26(20)11-13-3-5-14(6-4-13)15(9-22)10-23/h3-10,12,22,27-28H,11,23H2,1-2H3,(H,25,29)/b15-10+,22-9?. The smallest absolute Gasteiger partial charge is 0.343 e. The van der Waals surface area contributed by atoms with Crippen LogP contribution in [0.5, 0.6) is 11.5 Å². The van der Waals surface area contributed by atoms with Gasteiger partial charge in [0, 0.05) is 24.1 Å². The van der Waals surface area contributed by atoms with Crippen LogP contribution in [0, 0.1) is 5.41 Å². The molecular weight excluding hydrogens is 370 g/mol. The van der Waals surface area contributed by atoms with Gasteiger partial charge in [0.1, 0.15) is 11.5 Å². The number of phenols is 2. The molecule has 6 N–H and O–H groups in total. The second-order valence-electron chi connectivity index (χ2n) is 6.98. The van der Waals surface area contributed by atoms with Gasteiger partial charge in [-0.2, -0.15) is 5.10 Å². The Morgan fingerprint density at radius 3 is 2.52 bits per heavy atom. The van der Waals surface area contributed by atoms with Gasteiger partial charge in [-0.3, -0.25) is 4.57 Å². The van der Waals surface area contributed by atoms with Gasteiger partial charge in [0.15, 0.2) is 5.82 Å². The molecule has 0 aliphatic carbocycles. The zero-order valence-electron chi connectivity index (χ0n) is 16.2. The molecule has 8 heteroatoms. The van der Waals surface area contributed by atoms with Crippen molar-refractivity contribution >= 4 is 11.8 Å². The minimum Gasteiger partial charge on any atom is -0.508 e. The van der Waals surface area contributed by atoms with Crippen LogP contribution in [0.3, 0.4) is 0 Å². The average Bonchev–Trinajstić information content (AvgIpc) is 3.04. The van der Waals surface area contributed by atoms with Gasteiger partial charge in [0.2, 0.25) is 0 Å². The van der Waals surface area contributed by atoms with E-state index in [0.29, 0.717) is 16.7 Å². The van der Waals surface area contributed by atoms with Crippen molar-refractivity contribution < 1.29 is 10.2 Å². The number of nitrogens with one attached hydrogen (secondary N) is 2. The van der Waals surface area contributed by atoms with Gasteiger partial charge < -0.3 is 21.4 Å². The summed E-state index contributed by atoms with van der Waals surface area (Å²) in [5.74, 6) is 0.141. The molecule has 3 rings (SSSR count). The summed E-state index contributed by atoms with van der Waals surface area (Å²) in [6.45, 7) is 4.08. The van der Waals surface area contributed by atoms with E-state index in [-0.39, 0.29) is 29.8 Å². The molecule has 0 radical (unpaired) electrons. The number of benzene rings is 2. The number of H-pyrrole nitrogens is 1. The number of rotatable bonds is 6. The molecule has 0 fully saturated rings. The Labute approximate surface area is 167 Å². The minimum absolute atomic E-state index is 0.00349. The van der Waals surface area contributed by atoms with Crippen molar-refractivity contribution in [3.05, 3.63) is 69.8 Å². The van der Waals surface area contributed by atoms with E-state index in [0.717, 1.165) is 11.1 Å². The number of aromatic amines is 1. The molecule has 3 aromatic rings. The third kappa shape index (κ3) is 3.91. The summed E-state index contributed by atoms with van der Waals surface area (Å²) >= 11 is 0. The van der Waals surface area contributed by atoms with Crippen molar-refractivity contribution in [1.82, 2.24) is 14.8 Å². The van der Waals surface area contributed by atoms with E-state index in [4.69, 9.17) is 11.1 Å². The zero-order valence-corrected chi connectivity index (χ0v) is 16.2. The first kappa shape index (κ1) is 19.9. The maximum absolute atomic E-state index is 12.3. The highest BCUT2D eigenvalue weighted by Crippen LogP contribution is 2.36. The molecule has 0 amide bonds. The van der Waals surface area contributed by atoms with E-state index < -0.39 is 5.69 Å². The fraction of sp³-hybridized carbons (Fsp3) is 0.190. The van der Waals surface area contributed by atoms with Crippen molar-refractivity contribution in [3.8, 4) is 22.9 Å². The van der Waals surface area contributed by atoms with E-state index in [1.807, 2.05) is 38.1 Å². The van der Waals surface area contributed by atoms with Gasteiger partial charge in [-0.15, -0.1) is 0 Å². The summed E-state index contributed by atoms with van der Waals surface area (Å²) in [4.78, 5) is 12.3. The number of nitrogens with two attached hydrogens (primary N) is 1. The predicted molar refractivity (Wildman–Crippen MR) is 112 cm³/mol. The highest BCUT2D eigenvalue weighted by molar-refractivity contribution is 6.08. The second-order valence-corrected chi connectivity index (χ2v) is 6.98. The van der Waals surface area contributed by atoms with Gasteiger partial charge in [0.25, 0.3) is 0 Å². The summed E-state index contributed by atoms with van der Waals surface area (Å²) in [7, 11) is 0. The third-order valence-electron chi connectivity index (χ3n) is 4.73. The Morgan fingerprint density at radius 2 is 1.93 bits per heavy atom. The molecule has 0 atom stereocenters. The maximum Gasteiger partial charge on any atom is 0.343 e. The van der Waals surface area contributed by atoms with Crippen LogP contribution in [-0.2, 0) is 6.54 Å². The van der Waals surface area contributed by atoms with Gasteiger partial charge in [-0.1, -0.05) is 38.1 Å². The number of nitrogens with zero attached hydrogens (tertiary/aromatic N) is 2. The van der Waals surface area contributed by atoms with Gasteiger partial charge in [0.05, 0.1) is 12.1 Å². The highest BCUT2D eigenvalue weighted by Gasteiger charge is 2.18. The molecule has 0 saturated heterocycles. The minimum atomic E-state index is -0.412. The number of allylic oxidation sites excluding steroid dienone is 1. The Morgan fingerprint density at radius 1 is 1.24 bits per heavy atom. The molecule has 0 aliphatic heterocycles. The molecule has 1 aromatic heterocycles. The number of hydrogen-bond donors (Lipinski definition) is 5. The Bertz CT molecular complexity index is 1120. The molecule has 0 saturated carbocycles. The maximum atomic E-state index is 12.3. The van der Waals surface area contributed by atoms with Gasteiger partial charge in [-0.25, -0.2) is 9.89 Å². The lowest BCUT2D eigenvalue weighted by atomic mass is 9.98. The average molecular weight is 393 g/mol. The molecule has 150 valence electrons. The highest BCUT2D eigenvalue weighted by atomic mass is 16.3. The molecule has 1 heterocycles. The van der Waals surface area contributed by atoms with Gasteiger partial charge >= 0.3 is 5.69 Å². The van der Waals surface area contributed by atoms with Crippen molar-refractivity contribution in [2.45, 2.75) is 26.3 Å². The molecule has 29 heavy (non-hydrogen) atoms. The van der Waals surface area contributed by atoms with Crippen molar-refractivity contribution in [3.63, 3.8) is 0 Å². The summed E-state index contributed by atoms with van der Waals surface area (Å²) < 4.78 is 1.42. The van der Waals surface area contributed by atoms with Crippen LogP contribution in [0.4, 0.5) is 0 Å². The molecular formula is C21H23N5O3. The lowest BCUT2D eigenvalue weighted by Crippen LogP contribution is -2.18. The Balaban J connectivity index is 2.01. The van der Waals surface area contributed by atoms with Crippen molar-refractivity contribution in [2.75, 3.05) is 0 Å². The van der Waals surface area contributed by atoms with E-state index in [2.05, 4.69) is 10.2 Å². The molecule has 0 bridgehead atoms. The van der Waals surface area contributed by atoms with Crippen molar-refractivity contribution in [2.24, 2.45) is 5.73 Å². The molecule has 0 unspecified atom stereocenters. The fourth-order valence-corrected chi connectivity index (χ4v) is 3.12. The number of hydrogen-bond acceptors (Lipinski definition) is 6. The lowest BCUT2D eigenvalue weighted by molar-refractivity contribution is 0.444. The Hall–Kier alpha value is -3.81. The molecule has 2 aromatic carbocycles. The van der Waals surface area contributed by atoms with Gasteiger partial charge in [-0.05, 0) is 28.7 Å². The third-order valence-corrected chi connectivity index (χ3v) is 4.73. The van der Waals surface area contributed by atoms with Crippen LogP contribution < -0.4 is 11.4 Å². The summed E-state index contributed by atoms with van der Waals surface area (Å²) in [6.07, 6.45) is 2.54. The van der Waals surface area contributed by atoms with Crippen LogP contribution in [0.25, 0.3) is 17.0 Å².